The van der Waals surface area contributed by atoms with Gasteiger partial charge >= 0.3 is 0 Å². The molecule has 0 aliphatic rings. The molecule has 0 atom stereocenters. The minimum absolute atomic E-state index is 0.152. The molecule has 0 spiro atoms. The van der Waals surface area contributed by atoms with Crippen molar-refractivity contribution < 1.29 is 9.53 Å². The minimum atomic E-state index is -0.152. The summed E-state index contributed by atoms with van der Waals surface area (Å²) in [7, 11) is 0. The Labute approximate surface area is 128 Å². The maximum absolute atomic E-state index is 12.2. The Morgan fingerprint density at radius 1 is 1.38 bits per heavy atom. The Bertz CT molecular complexity index is 615. The predicted molar refractivity (Wildman–Crippen MR) is 88.2 cm³/mol. The highest BCUT2D eigenvalue weighted by Crippen LogP contribution is 2.25. The van der Waals surface area contributed by atoms with Crippen molar-refractivity contribution >= 4 is 28.6 Å². The first-order valence-electron chi connectivity index (χ1n) is 6.86. The second-order valence-electron chi connectivity index (χ2n) is 5.31. The molecule has 2 rings (SSSR count). The molecule has 1 amide bonds. The monoisotopic (exact) mass is 304 g/mol. The van der Waals surface area contributed by atoms with Crippen molar-refractivity contribution in [3.8, 4) is 5.75 Å². The van der Waals surface area contributed by atoms with Crippen LogP contribution in [0, 0.1) is 12.8 Å². The number of nitrogens with two attached hydrogens (primary N) is 1. The van der Waals surface area contributed by atoms with E-state index in [1.165, 1.54) is 11.3 Å². The second-order valence-corrected chi connectivity index (χ2v) is 6.57. The van der Waals surface area contributed by atoms with Gasteiger partial charge in [0.2, 0.25) is 0 Å². The van der Waals surface area contributed by atoms with Gasteiger partial charge in [-0.25, -0.2) is 0 Å². The van der Waals surface area contributed by atoms with Gasteiger partial charge in [0, 0.05) is 22.3 Å². The number of carbonyl (C=O) groups is 1. The third-order valence-electron chi connectivity index (χ3n) is 2.86. The fourth-order valence-electron chi connectivity index (χ4n) is 1.73. The molecule has 0 unspecified atom stereocenters. The van der Waals surface area contributed by atoms with Crippen LogP contribution in [-0.2, 0) is 0 Å². The average molecular weight is 304 g/mol. The number of nitrogens with one attached hydrogen (secondary N) is 1. The number of amides is 1. The Kier molecular flexibility index (Phi) is 4.85. The predicted octanol–water partition coefficient (Wildman–Crippen LogP) is 3.93. The second kappa shape index (κ2) is 6.63. The van der Waals surface area contributed by atoms with Gasteiger partial charge in [0.15, 0.2) is 0 Å². The molecule has 4 nitrogen and oxygen atoms in total. The van der Waals surface area contributed by atoms with Gasteiger partial charge in [-0.1, -0.05) is 19.9 Å². The smallest absolute Gasteiger partial charge is 0.265 e. The number of nitrogen functional groups attached to an aromatic ring is 1. The van der Waals surface area contributed by atoms with Crippen LogP contribution < -0.4 is 15.8 Å². The molecule has 0 aliphatic heterocycles. The number of anilines is 2. The summed E-state index contributed by atoms with van der Waals surface area (Å²) < 4.78 is 5.65. The van der Waals surface area contributed by atoms with Crippen molar-refractivity contribution in [2.75, 3.05) is 17.7 Å². The topological polar surface area (TPSA) is 64.3 Å². The highest BCUT2D eigenvalue weighted by molar-refractivity contribution is 7.14. The number of thiophene rings is 1. The summed E-state index contributed by atoms with van der Waals surface area (Å²) in [5.41, 5.74) is 7.14. The summed E-state index contributed by atoms with van der Waals surface area (Å²) >= 11 is 1.39. The first-order valence-corrected chi connectivity index (χ1v) is 7.67. The molecule has 2 aromatic rings. The molecular formula is C16H20N2O2S. The first-order chi connectivity index (χ1) is 9.95. The van der Waals surface area contributed by atoms with Crippen molar-refractivity contribution in [3.05, 3.63) is 40.1 Å². The summed E-state index contributed by atoms with van der Waals surface area (Å²) in [5.74, 6) is 1.06. The molecule has 0 radical (unpaired) electrons. The Morgan fingerprint density at radius 2 is 2.14 bits per heavy atom. The number of carbonyl (C=O) groups excluding carboxylic acids is 1. The number of hydrogen-bond acceptors (Lipinski definition) is 4. The largest absolute Gasteiger partial charge is 0.493 e. The van der Waals surface area contributed by atoms with Crippen LogP contribution in [0.25, 0.3) is 0 Å². The van der Waals surface area contributed by atoms with Gasteiger partial charge in [-0.05, 0) is 31.0 Å². The summed E-state index contributed by atoms with van der Waals surface area (Å²) in [6.45, 7) is 6.74. The summed E-state index contributed by atoms with van der Waals surface area (Å²) in [6.07, 6.45) is 0. The lowest BCUT2D eigenvalue weighted by Gasteiger charge is -2.10. The van der Waals surface area contributed by atoms with Gasteiger partial charge in [0.05, 0.1) is 11.5 Å². The van der Waals surface area contributed by atoms with Crippen LogP contribution in [0.1, 0.15) is 28.4 Å². The molecule has 0 bridgehead atoms. The van der Waals surface area contributed by atoms with Crippen LogP contribution in [0.15, 0.2) is 30.3 Å². The maximum atomic E-state index is 12.2. The molecule has 21 heavy (non-hydrogen) atoms. The minimum Gasteiger partial charge on any atom is -0.493 e. The average Bonchev–Trinajstić information content (AvgIpc) is 2.77. The Morgan fingerprint density at radius 3 is 2.76 bits per heavy atom. The van der Waals surface area contributed by atoms with Crippen molar-refractivity contribution in [1.29, 1.82) is 0 Å². The van der Waals surface area contributed by atoms with Crippen molar-refractivity contribution in [2.45, 2.75) is 20.8 Å². The summed E-state index contributed by atoms with van der Waals surface area (Å²) in [5, 5.41) is 2.86. The van der Waals surface area contributed by atoms with E-state index in [0.29, 0.717) is 28.8 Å². The number of ether oxygens (including phenoxy) is 1. The zero-order valence-electron chi connectivity index (χ0n) is 12.5. The van der Waals surface area contributed by atoms with E-state index in [4.69, 9.17) is 10.5 Å². The zero-order chi connectivity index (χ0) is 15.4. The number of aryl methyl sites for hydroxylation is 1. The van der Waals surface area contributed by atoms with Gasteiger partial charge in [-0.15, -0.1) is 11.3 Å². The molecule has 0 fully saturated rings. The van der Waals surface area contributed by atoms with Crippen LogP contribution in [0.4, 0.5) is 11.4 Å². The summed E-state index contributed by atoms with van der Waals surface area (Å²) in [4.78, 5) is 13.7. The number of benzene rings is 1. The lowest BCUT2D eigenvalue weighted by Crippen LogP contribution is -2.10. The van der Waals surface area contributed by atoms with E-state index in [9.17, 15) is 4.79 Å². The van der Waals surface area contributed by atoms with E-state index >= 15 is 0 Å². The zero-order valence-corrected chi connectivity index (χ0v) is 13.3. The van der Waals surface area contributed by atoms with Crippen LogP contribution in [0.3, 0.4) is 0 Å². The van der Waals surface area contributed by atoms with Crippen LogP contribution in [0.2, 0.25) is 0 Å². The third-order valence-corrected chi connectivity index (χ3v) is 3.92. The van der Waals surface area contributed by atoms with E-state index in [1.807, 2.05) is 31.2 Å². The standard InChI is InChI=1S/C16H20N2O2S/c1-10(2)9-20-13-6-4-5-12(7-13)18-16(19)15-8-14(17)11(3)21-15/h4-8,10H,9,17H2,1-3H3,(H,18,19). The van der Waals surface area contributed by atoms with Crippen molar-refractivity contribution in [3.63, 3.8) is 0 Å². The van der Waals surface area contributed by atoms with Gasteiger partial charge in [0.25, 0.3) is 5.91 Å². The molecule has 1 heterocycles. The maximum Gasteiger partial charge on any atom is 0.265 e. The molecule has 5 heteroatoms. The molecule has 3 N–H and O–H groups in total. The highest BCUT2D eigenvalue weighted by Gasteiger charge is 2.11. The van der Waals surface area contributed by atoms with Gasteiger partial charge < -0.3 is 15.8 Å². The molecule has 1 aromatic carbocycles. The van der Waals surface area contributed by atoms with E-state index < -0.39 is 0 Å². The van der Waals surface area contributed by atoms with E-state index in [1.54, 1.807) is 6.07 Å². The molecule has 0 aliphatic carbocycles. The third kappa shape index (κ3) is 4.23. The van der Waals surface area contributed by atoms with Gasteiger partial charge in [-0.2, -0.15) is 0 Å². The fourth-order valence-corrected chi connectivity index (χ4v) is 2.56. The van der Waals surface area contributed by atoms with Gasteiger partial charge in [0.1, 0.15) is 5.75 Å². The molecule has 0 saturated heterocycles. The number of rotatable bonds is 5. The highest BCUT2D eigenvalue weighted by atomic mass is 32.1. The molecule has 1 aromatic heterocycles. The van der Waals surface area contributed by atoms with Gasteiger partial charge in [-0.3, -0.25) is 4.79 Å². The Balaban J connectivity index is 2.05. The van der Waals surface area contributed by atoms with E-state index in [2.05, 4.69) is 19.2 Å². The lowest BCUT2D eigenvalue weighted by molar-refractivity contribution is 0.103. The molecule has 0 saturated carbocycles. The Hall–Kier alpha value is -2.01. The van der Waals surface area contributed by atoms with Crippen molar-refractivity contribution in [1.82, 2.24) is 0 Å². The lowest BCUT2D eigenvalue weighted by atomic mass is 10.2. The summed E-state index contributed by atoms with van der Waals surface area (Å²) in [6, 6.07) is 9.10. The van der Waals surface area contributed by atoms with Crippen LogP contribution in [-0.4, -0.2) is 12.5 Å². The van der Waals surface area contributed by atoms with E-state index in [0.717, 1.165) is 10.6 Å². The molecule has 112 valence electrons. The first kappa shape index (κ1) is 15.4. The number of hydrogen-bond donors (Lipinski definition) is 2. The fraction of sp³-hybridized carbons (Fsp3) is 0.312. The van der Waals surface area contributed by atoms with E-state index in [-0.39, 0.29) is 5.91 Å². The van der Waals surface area contributed by atoms with Crippen molar-refractivity contribution in [2.24, 2.45) is 5.92 Å². The van der Waals surface area contributed by atoms with Crippen LogP contribution in [0.5, 0.6) is 5.75 Å². The normalized spacial score (nSPS) is 10.7. The van der Waals surface area contributed by atoms with Crippen LogP contribution >= 0.6 is 11.3 Å². The quantitative estimate of drug-likeness (QED) is 0.879. The molecular weight excluding hydrogens is 284 g/mol. The SMILES string of the molecule is Cc1sc(C(=O)Nc2cccc(OCC(C)C)c2)cc1N.